The van der Waals surface area contributed by atoms with Crippen LogP contribution in [-0.4, -0.2) is 72.9 Å². The number of esters is 1. The summed E-state index contributed by atoms with van der Waals surface area (Å²) in [5.41, 5.74) is 1.11. The smallest absolute Gasteiger partial charge is 0.410 e. The Bertz CT molecular complexity index is 1030. The van der Waals surface area contributed by atoms with Gasteiger partial charge in [-0.3, -0.25) is 4.79 Å². The maximum Gasteiger partial charge on any atom is 0.410 e. The van der Waals surface area contributed by atoms with Gasteiger partial charge in [0.2, 0.25) is 0 Å². The molecule has 2 aromatic carbocycles. The lowest BCUT2D eigenvalue weighted by Crippen LogP contribution is -2.57. The van der Waals surface area contributed by atoms with Crippen molar-refractivity contribution in [2.75, 3.05) is 33.4 Å². The van der Waals surface area contributed by atoms with E-state index in [0.29, 0.717) is 38.4 Å². The molecule has 0 N–H and O–H groups in total. The average Bonchev–Trinajstić information content (AvgIpc) is 2.87. The third-order valence-corrected chi connectivity index (χ3v) is 5.79. The molecule has 37 heavy (non-hydrogen) atoms. The minimum absolute atomic E-state index is 0.186. The fourth-order valence-corrected chi connectivity index (χ4v) is 3.89. The zero-order chi connectivity index (χ0) is 26.8. The summed E-state index contributed by atoms with van der Waals surface area (Å²) in [5, 5.41) is 0. The first-order valence-corrected chi connectivity index (χ1v) is 12.4. The lowest BCUT2D eigenvalue weighted by molar-refractivity contribution is -0.139. The molecular weight excluding hydrogens is 476 g/mol. The number of hydrogen-bond acceptors (Lipinski definition) is 7. The normalized spacial score (nSPS) is 15.6. The average molecular weight is 513 g/mol. The molecule has 1 saturated heterocycles. The molecule has 0 unspecified atom stereocenters. The van der Waals surface area contributed by atoms with E-state index in [2.05, 4.69) is 4.74 Å². The van der Waals surface area contributed by atoms with Crippen LogP contribution in [0.25, 0.3) is 0 Å². The predicted octanol–water partition coefficient (Wildman–Crippen LogP) is 4.43. The summed E-state index contributed by atoms with van der Waals surface area (Å²) in [5.74, 6) is 0.340. The van der Waals surface area contributed by atoms with Crippen LogP contribution in [0.3, 0.4) is 0 Å². The van der Waals surface area contributed by atoms with Gasteiger partial charge in [-0.15, -0.1) is 0 Å². The summed E-state index contributed by atoms with van der Waals surface area (Å²) < 4.78 is 21.7. The molecule has 0 radical (unpaired) electrons. The van der Waals surface area contributed by atoms with Crippen LogP contribution in [-0.2, 0) is 32.0 Å². The van der Waals surface area contributed by atoms with Crippen LogP contribution < -0.4 is 4.74 Å². The highest BCUT2D eigenvalue weighted by molar-refractivity contribution is 5.72. The lowest BCUT2D eigenvalue weighted by Gasteiger charge is -2.41. The summed E-state index contributed by atoms with van der Waals surface area (Å²) in [6, 6.07) is 16.4. The maximum absolute atomic E-state index is 12.9. The van der Waals surface area contributed by atoms with E-state index in [9.17, 15) is 14.4 Å². The fourth-order valence-electron chi connectivity index (χ4n) is 3.89. The van der Waals surface area contributed by atoms with E-state index >= 15 is 0 Å². The second-order valence-electron chi connectivity index (χ2n) is 9.85. The lowest BCUT2D eigenvalue weighted by atomic mass is 10.1. The fraction of sp³-hybridized carbons (Fsp3) is 0.464. The van der Waals surface area contributed by atoms with Crippen molar-refractivity contribution in [3.05, 3.63) is 65.7 Å². The molecule has 3 rings (SSSR count). The number of methoxy groups -OCH3 is 1. The van der Waals surface area contributed by atoms with Crippen LogP contribution in [0.1, 0.15) is 38.3 Å². The van der Waals surface area contributed by atoms with Crippen molar-refractivity contribution in [3.8, 4) is 5.75 Å². The highest BCUT2D eigenvalue weighted by atomic mass is 16.6. The van der Waals surface area contributed by atoms with Gasteiger partial charge in [0.15, 0.2) is 0 Å². The second kappa shape index (κ2) is 13.0. The Morgan fingerprint density at radius 2 is 1.62 bits per heavy atom. The van der Waals surface area contributed by atoms with E-state index in [1.54, 1.807) is 21.9 Å². The van der Waals surface area contributed by atoms with E-state index < -0.39 is 17.8 Å². The van der Waals surface area contributed by atoms with E-state index in [1.165, 1.54) is 7.11 Å². The molecule has 200 valence electrons. The molecule has 1 fully saturated rings. The number of ether oxygens (including phenoxy) is 4. The number of carbonyl (C=O) groups is 3. The van der Waals surface area contributed by atoms with Gasteiger partial charge < -0.3 is 28.7 Å². The standard InChI is InChI=1S/C28H36N2O7/c1-28(2,3)37-27(33)30-16-15-29(26(32)36-20-22-8-6-5-7-9-22)19-23(30)14-17-35-24-12-10-21(11-13-24)18-25(31)34-4/h5-13,23H,14-20H2,1-4H3/t23-/m1/s1. The number of amides is 2. The Kier molecular flexibility index (Phi) is 9.77. The van der Waals surface area contributed by atoms with Crippen molar-refractivity contribution in [1.29, 1.82) is 0 Å². The van der Waals surface area contributed by atoms with Gasteiger partial charge in [-0.05, 0) is 44.0 Å². The summed E-state index contributed by atoms with van der Waals surface area (Å²) in [6.07, 6.45) is -0.146. The number of benzene rings is 2. The second-order valence-corrected chi connectivity index (χ2v) is 9.85. The SMILES string of the molecule is COC(=O)Cc1ccc(OCC[C@@H]2CN(C(=O)OCc3ccccc3)CCN2C(=O)OC(C)(C)C)cc1. The Balaban J connectivity index is 1.59. The largest absolute Gasteiger partial charge is 0.494 e. The van der Waals surface area contributed by atoms with Crippen LogP contribution in [0.4, 0.5) is 9.59 Å². The van der Waals surface area contributed by atoms with Gasteiger partial charge in [0.1, 0.15) is 18.0 Å². The van der Waals surface area contributed by atoms with E-state index in [4.69, 9.17) is 14.2 Å². The van der Waals surface area contributed by atoms with Gasteiger partial charge >= 0.3 is 18.2 Å². The summed E-state index contributed by atoms with van der Waals surface area (Å²) >= 11 is 0. The summed E-state index contributed by atoms with van der Waals surface area (Å²) in [6.45, 7) is 6.99. The molecule has 1 aliphatic heterocycles. The monoisotopic (exact) mass is 512 g/mol. The van der Waals surface area contributed by atoms with E-state index in [1.807, 2.05) is 63.2 Å². The Morgan fingerprint density at radius 1 is 0.919 bits per heavy atom. The van der Waals surface area contributed by atoms with Crippen LogP contribution in [0.15, 0.2) is 54.6 Å². The molecule has 0 spiro atoms. The predicted molar refractivity (Wildman–Crippen MR) is 137 cm³/mol. The van der Waals surface area contributed by atoms with Crippen LogP contribution in [0.5, 0.6) is 5.75 Å². The van der Waals surface area contributed by atoms with Crippen LogP contribution >= 0.6 is 0 Å². The zero-order valence-electron chi connectivity index (χ0n) is 22.0. The molecule has 2 aromatic rings. The molecule has 1 aliphatic rings. The van der Waals surface area contributed by atoms with Crippen molar-refractivity contribution < 1.29 is 33.3 Å². The topological polar surface area (TPSA) is 94.6 Å². The van der Waals surface area contributed by atoms with Crippen molar-refractivity contribution in [2.24, 2.45) is 0 Å². The first kappa shape index (κ1) is 27.8. The molecule has 0 saturated carbocycles. The first-order valence-electron chi connectivity index (χ1n) is 12.4. The molecule has 0 aromatic heterocycles. The van der Waals surface area contributed by atoms with E-state index in [-0.39, 0.29) is 25.0 Å². The molecule has 1 heterocycles. The maximum atomic E-state index is 12.9. The summed E-state index contributed by atoms with van der Waals surface area (Å²) in [7, 11) is 1.36. The van der Waals surface area contributed by atoms with Crippen molar-refractivity contribution >= 4 is 18.2 Å². The summed E-state index contributed by atoms with van der Waals surface area (Å²) in [4.78, 5) is 40.4. The Hall–Kier alpha value is -3.75. The minimum atomic E-state index is -0.629. The molecule has 0 aliphatic carbocycles. The van der Waals surface area contributed by atoms with Crippen molar-refractivity contribution in [3.63, 3.8) is 0 Å². The highest BCUT2D eigenvalue weighted by Gasteiger charge is 2.35. The number of nitrogens with zero attached hydrogens (tertiary/aromatic N) is 2. The molecule has 9 heteroatoms. The number of hydrogen-bond donors (Lipinski definition) is 0. The molecule has 9 nitrogen and oxygen atoms in total. The quantitative estimate of drug-likeness (QED) is 0.381. The first-order chi connectivity index (χ1) is 17.6. The van der Waals surface area contributed by atoms with E-state index in [0.717, 1.165) is 11.1 Å². The van der Waals surface area contributed by atoms with Crippen LogP contribution in [0.2, 0.25) is 0 Å². The van der Waals surface area contributed by atoms with Crippen molar-refractivity contribution in [1.82, 2.24) is 9.80 Å². The highest BCUT2D eigenvalue weighted by Crippen LogP contribution is 2.20. The molecule has 0 bridgehead atoms. The van der Waals surface area contributed by atoms with Gasteiger partial charge in [-0.1, -0.05) is 42.5 Å². The molecular formula is C28H36N2O7. The van der Waals surface area contributed by atoms with Crippen molar-refractivity contribution in [2.45, 2.75) is 51.9 Å². The zero-order valence-corrected chi connectivity index (χ0v) is 22.0. The van der Waals surface area contributed by atoms with Gasteiger partial charge in [0.05, 0.1) is 26.2 Å². The minimum Gasteiger partial charge on any atom is -0.494 e. The van der Waals surface area contributed by atoms with Gasteiger partial charge in [0, 0.05) is 26.1 Å². The van der Waals surface area contributed by atoms with Gasteiger partial charge in [-0.25, -0.2) is 9.59 Å². The Morgan fingerprint density at radius 3 is 2.27 bits per heavy atom. The number of piperazine rings is 1. The van der Waals surface area contributed by atoms with Gasteiger partial charge in [-0.2, -0.15) is 0 Å². The van der Waals surface area contributed by atoms with Crippen LogP contribution in [0, 0.1) is 0 Å². The molecule has 2 amide bonds. The van der Waals surface area contributed by atoms with Gasteiger partial charge in [0.25, 0.3) is 0 Å². The third kappa shape index (κ3) is 9.00. The number of rotatable bonds is 8. The Labute approximate surface area is 218 Å². The molecule has 1 atom stereocenters. The third-order valence-electron chi connectivity index (χ3n) is 5.79. The number of carbonyl (C=O) groups excluding carboxylic acids is 3.